The van der Waals surface area contributed by atoms with Gasteiger partial charge in [0.15, 0.2) is 30.4 Å². The standard InChI is InChI=1S/C38H53NO11S/c1-26(2)23-39(24-31(40)28(20-27-10-4-3-5-11-27)21-35(41)48-34-25-47-38-30(34)16-19-46-38)51(42,43)29-14-15-32(49-36-12-6-8-17-44-36)33(22-29)50-37-13-7-9-18-45-37/h3-5,10-11,14-15,22,26,28,30-31,34,36-38,40H,6-9,12-13,16-21,23-25H2,1-2H3/t28-,30?,31-,34?,36?,37?,38-/m1/s1. The predicted molar refractivity (Wildman–Crippen MR) is 186 cm³/mol. The first-order valence-electron chi connectivity index (χ1n) is 18.5. The Hall–Kier alpha value is -2.78. The number of hydrogen-bond donors (Lipinski definition) is 1. The molecule has 2 aromatic rings. The van der Waals surface area contributed by atoms with Crippen molar-refractivity contribution in [2.24, 2.45) is 17.8 Å². The monoisotopic (exact) mass is 731 g/mol. The molecule has 4 unspecified atom stereocenters. The Labute approximate surface area is 301 Å². The summed E-state index contributed by atoms with van der Waals surface area (Å²) in [5, 5.41) is 11.8. The van der Waals surface area contributed by atoms with Crippen LogP contribution in [0.2, 0.25) is 0 Å². The molecule has 0 aliphatic carbocycles. The summed E-state index contributed by atoms with van der Waals surface area (Å²) in [6.07, 6.45) is 3.31. The maximum absolute atomic E-state index is 14.4. The number of benzene rings is 2. The normalized spacial score (nSPS) is 26.5. The van der Waals surface area contributed by atoms with Gasteiger partial charge >= 0.3 is 5.97 Å². The van der Waals surface area contributed by atoms with Crippen molar-refractivity contribution < 1.29 is 51.5 Å². The third-order valence-corrected chi connectivity index (χ3v) is 11.7. The van der Waals surface area contributed by atoms with Crippen LogP contribution in [0.15, 0.2) is 53.4 Å². The zero-order valence-corrected chi connectivity index (χ0v) is 30.5. The number of fused-ring (bicyclic) bond motifs is 1. The van der Waals surface area contributed by atoms with E-state index in [1.807, 2.05) is 44.2 Å². The van der Waals surface area contributed by atoms with E-state index in [0.29, 0.717) is 38.4 Å². The van der Waals surface area contributed by atoms with Gasteiger partial charge in [-0.25, -0.2) is 8.42 Å². The van der Waals surface area contributed by atoms with E-state index in [-0.39, 0.29) is 54.9 Å². The van der Waals surface area contributed by atoms with Gasteiger partial charge in [-0.1, -0.05) is 44.2 Å². The fraction of sp³-hybridized carbons (Fsp3) is 0.658. The summed E-state index contributed by atoms with van der Waals surface area (Å²) in [6, 6.07) is 14.1. The van der Waals surface area contributed by atoms with E-state index in [1.54, 1.807) is 6.07 Å². The smallest absolute Gasteiger partial charge is 0.306 e. The molecule has 4 aliphatic rings. The van der Waals surface area contributed by atoms with Crippen LogP contribution in [0.4, 0.5) is 0 Å². The second-order valence-corrected chi connectivity index (χ2v) is 16.4. The van der Waals surface area contributed by atoms with Gasteiger partial charge in [-0.05, 0) is 62.1 Å². The summed E-state index contributed by atoms with van der Waals surface area (Å²) in [6.45, 7) is 5.77. The first kappa shape index (κ1) is 38.0. The Kier molecular flexibility index (Phi) is 13.3. The minimum Gasteiger partial charge on any atom is -0.461 e. The second-order valence-electron chi connectivity index (χ2n) is 14.4. The molecule has 51 heavy (non-hydrogen) atoms. The highest BCUT2D eigenvalue weighted by molar-refractivity contribution is 7.89. The van der Waals surface area contributed by atoms with Gasteiger partial charge in [-0.15, -0.1) is 0 Å². The third-order valence-electron chi connectivity index (χ3n) is 9.89. The SMILES string of the molecule is CC(C)CN(C[C@@H](O)[C@@H](CC(=O)OC1CO[C@H]2OCCC12)Cc1ccccc1)S(=O)(=O)c1ccc(OC2CCCCO2)c(OC2CCCCO2)c1. The molecule has 12 nitrogen and oxygen atoms in total. The average Bonchev–Trinajstić information content (AvgIpc) is 3.75. The molecule has 6 rings (SSSR count). The van der Waals surface area contributed by atoms with E-state index < -0.39 is 46.7 Å². The predicted octanol–water partition coefficient (Wildman–Crippen LogP) is 5.06. The minimum absolute atomic E-state index is 0.00617. The lowest BCUT2D eigenvalue weighted by Crippen LogP contribution is -2.43. The van der Waals surface area contributed by atoms with E-state index in [0.717, 1.165) is 44.1 Å². The number of carbonyl (C=O) groups excluding carboxylic acids is 1. The van der Waals surface area contributed by atoms with Crippen molar-refractivity contribution in [3.63, 3.8) is 0 Å². The molecule has 4 aliphatic heterocycles. The molecular formula is C38H53NO11S. The number of carbonyl (C=O) groups is 1. The van der Waals surface area contributed by atoms with E-state index in [2.05, 4.69) is 0 Å². The van der Waals surface area contributed by atoms with E-state index >= 15 is 0 Å². The molecule has 0 amide bonds. The quantitative estimate of drug-likeness (QED) is 0.232. The molecule has 7 atom stereocenters. The number of aliphatic hydroxyl groups excluding tert-OH is 1. The number of aliphatic hydroxyl groups is 1. The zero-order valence-electron chi connectivity index (χ0n) is 29.7. The fourth-order valence-electron chi connectivity index (χ4n) is 7.15. The van der Waals surface area contributed by atoms with Crippen LogP contribution in [0.1, 0.15) is 70.8 Å². The average molecular weight is 732 g/mol. The molecule has 0 bridgehead atoms. The van der Waals surface area contributed by atoms with Gasteiger partial charge in [0.05, 0.1) is 49.8 Å². The number of rotatable bonds is 16. The maximum atomic E-state index is 14.4. The molecule has 0 saturated carbocycles. The van der Waals surface area contributed by atoms with Crippen molar-refractivity contribution in [1.82, 2.24) is 4.31 Å². The van der Waals surface area contributed by atoms with Crippen molar-refractivity contribution in [2.75, 3.05) is 39.5 Å². The topological polar surface area (TPSA) is 139 Å². The fourth-order valence-corrected chi connectivity index (χ4v) is 8.79. The van der Waals surface area contributed by atoms with Gasteiger partial charge in [-0.2, -0.15) is 4.31 Å². The molecule has 0 aromatic heterocycles. The summed E-state index contributed by atoms with van der Waals surface area (Å²) in [5.41, 5.74) is 0.922. The van der Waals surface area contributed by atoms with Crippen LogP contribution in [0.25, 0.3) is 0 Å². The lowest BCUT2D eigenvalue weighted by atomic mass is 9.90. The Balaban J connectivity index is 1.22. The largest absolute Gasteiger partial charge is 0.461 e. The summed E-state index contributed by atoms with van der Waals surface area (Å²) in [7, 11) is -4.15. The zero-order chi connectivity index (χ0) is 35.8. The van der Waals surface area contributed by atoms with Crippen LogP contribution in [-0.4, -0.2) is 94.4 Å². The van der Waals surface area contributed by atoms with Crippen LogP contribution in [0, 0.1) is 17.8 Å². The Morgan fingerprint density at radius 3 is 2.24 bits per heavy atom. The van der Waals surface area contributed by atoms with Gasteiger partial charge in [0.1, 0.15) is 6.10 Å². The number of hydrogen-bond acceptors (Lipinski definition) is 11. The summed E-state index contributed by atoms with van der Waals surface area (Å²) in [4.78, 5) is 13.4. The highest BCUT2D eigenvalue weighted by Gasteiger charge is 2.44. The minimum atomic E-state index is -4.15. The third kappa shape index (κ3) is 10.2. The molecule has 4 fully saturated rings. The molecular weight excluding hydrogens is 678 g/mol. The summed E-state index contributed by atoms with van der Waals surface area (Å²) in [5.74, 6) is -0.489. The highest BCUT2D eigenvalue weighted by Crippen LogP contribution is 2.36. The molecule has 0 radical (unpaired) electrons. The van der Waals surface area contributed by atoms with E-state index in [9.17, 15) is 18.3 Å². The number of esters is 1. The molecule has 2 aromatic carbocycles. The molecule has 0 spiro atoms. The van der Waals surface area contributed by atoms with Crippen LogP contribution >= 0.6 is 0 Å². The van der Waals surface area contributed by atoms with Gasteiger partial charge in [-0.3, -0.25) is 4.79 Å². The summed E-state index contributed by atoms with van der Waals surface area (Å²) < 4.78 is 71.3. The molecule has 4 heterocycles. The number of sulfonamides is 1. The number of ether oxygens (including phenoxy) is 7. The molecule has 13 heteroatoms. The van der Waals surface area contributed by atoms with Crippen LogP contribution in [-0.2, 0) is 44.9 Å². The Morgan fingerprint density at radius 1 is 0.863 bits per heavy atom. The van der Waals surface area contributed by atoms with E-state index in [4.69, 9.17) is 33.2 Å². The first-order chi connectivity index (χ1) is 24.7. The van der Waals surface area contributed by atoms with Crippen LogP contribution < -0.4 is 9.47 Å². The lowest BCUT2D eigenvalue weighted by Gasteiger charge is -2.31. The molecule has 1 N–H and O–H groups in total. The highest BCUT2D eigenvalue weighted by atomic mass is 32.2. The molecule has 282 valence electrons. The first-order valence-corrected chi connectivity index (χ1v) is 19.9. The van der Waals surface area contributed by atoms with Gasteiger partial charge < -0.3 is 38.3 Å². The second kappa shape index (κ2) is 17.8. The van der Waals surface area contributed by atoms with Crippen molar-refractivity contribution in [1.29, 1.82) is 0 Å². The van der Waals surface area contributed by atoms with Gasteiger partial charge in [0.25, 0.3) is 0 Å². The maximum Gasteiger partial charge on any atom is 0.306 e. The van der Waals surface area contributed by atoms with Crippen molar-refractivity contribution in [3.05, 3.63) is 54.1 Å². The Morgan fingerprint density at radius 2 is 1.57 bits per heavy atom. The van der Waals surface area contributed by atoms with E-state index in [1.165, 1.54) is 16.4 Å². The van der Waals surface area contributed by atoms with Crippen LogP contribution in [0.5, 0.6) is 11.5 Å². The summed E-state index contributed by atoms with van der Waals surface area (Å²) >= 11 is 0. The van der Waals surface area contributed by atoms with Gasteiger partial charge in [0.2, 0.25) is 10.0 Å². The molecule has 4 saturated heterocycles. The van der Waals surface area contributed by atoms with Crippen molar-refractivity contribution in [3.8, 4) is 11.5 Å². The van der Waals surface area contributed by atoms with Crippen LogP contribution in [0.3, 0.4) is 0 Å². The van der Waals surface area contributed by atoms with Crippen molar-refractivity contribution in [2.45, 2.75) is 108 Å². The Bertz CT molecular complexity index is 1510. The van der Waals surface area contributed by atoms with Crippen molar-refractivity contribution >= 4 is 16.0 Å². The lowest BCUT2D eigenvalue weighted by molar-refractivity contribution is -0.153. The number of nitrogens with zero attached hydrogens (tertiary/aromatic N) is 1. The van der Waals surface area contributed by atoms with Gasteiger partial charge in [0, 0.05) is 37.9 Å².